The van der Waals surface area contributed by atoms with Gasteiger partial charge in [-0.1, -0.05) is 32.9 Å². The summed E-state index contributed by atoms with van der Waals surface area (Å²) in [5.74, 6) is 3.38. The Balaban J connectivity index is 1.32. The number of benzene rings is 3. The van der Waals surface area contributed by atoms with Crippen molar-refractivity contribution in [3.63, 3.8) is 0 Å². The second-order valence-electron chi connectivity index (χ2n) is 10.8. The number of carbonyl (C=O) groups is 1. The molecular weight excluding hydrogens is 536 g/mol. The van der Waals surface area contributed by atoms with Gasteiger partial charge in [0.2, 0.25) is 0 Å². The topological polar surface area (TPSA) is 78.9 Å². The van der Waals surface area contributed by atoms with E-state index in [0.717, 1.165) is 34.2 Å². The summed E-state index contributed by atoms with van der Waals surface area (Å²) >= 11 is 1.76. The van der Waals surface area contributed by atoms with E-state index in [4.69, 9.17) is 18.9 Å². The molecule has 4 aromatic rings. The van der Waals surface area contributed by atoms with Crippen molar-refractivity contribution in [2.24, 2.45) is 0 Å². The Bertz CT molecular complexity index is 1510. The number of aryl methyl sites for hydroxylation is 2. The van der Waals surface area contributed by atoms with Crippen LogP contribution < -0.4 is 19.5 Å². The molecule has 0 unspecified atom stereocenters. The number of amides is 1. The maximum absolute atomic E-state index is 12.5. The lowest BCUT2D eigenvalue weighted by atomic mass is 9.87. The van der Waals surface area contributed by atoms with Crippen molar-refractivity contribution in [1.29, 1.82) is 0 Å². The normalized spacial score (nSPS) is 11.3. The van der Waals surface area contributed by atoms with Crippen molar-refractivity contribution in [3.05, 3.63) is 77.5 Å². The van der Waals surface area contributed by atoms with E-state index in [1.165, 1.54) is 10.5 Å². The van der Waals surface area contributed by atoms with Gasteiger partial charge in [0.25, 0.3) is 0 Å². The van der Waals surface area contributed by atoms with Crippen molar-refractivity contribution < 1.29 is 23.7 Å². The molecule has 0 atom stereocenters. The number of anilines is 1. The molecule has 1 N–H and O–H groups in total. The van der Waals surface area contributed by atoms with E-state index in [9.17, 15) is 4.79 Å². The molecule has 0 saturated carbocycles. The van der Waals surface area contributed by atoms with Gasteiger partial charge < -0.3 is 18.9 Å². The third-order valence-electron chi connectivity index (χ3n) is 6.70. The average molecular weight is 575 g/mol. The predicted octanol–water partition coefficient (Wildman–Crippen LogP) is 8.69. The molecule has 0 fully saturated rings. The molecule has 4 rings (SSSR count). The van der Waals surface area contributed by atoms with E-state index in [-0.39, 0.29) is 5.41 Å². The highest BCUT2D eigenvalue weighted by Gasteiger charge is 2.15. The third kappa shape index (κ3) is 7.64. The number of thioether (sulfide) groups is 1. The zero-order valence-corrected chi connectivity index (χ0v) is 25.6. The lowest BCUT2D eigenvalue weighted by Crippen LogP contribution is -2.15. The van der Waals surface area contributed by atoms with Gasteiger partial charge in [0, 0.05) is 34.0 Å². The van der Waals surface area contributed by atoms with Gasteiger partial charge in [-0.25, -0.2) is 4.79 Å². The van der Waals surface area contributed by atoms with Crippen LogP contribution in [0, 0.1) is 13.8 Å². The summed E-state index contributed by atoms with van der Waals surface area (Å²) in [5.41, 5.74) is 4.60. The minimum atomic E-state index is -0.470. The number of aromatic nitrogens is 1. The van der Waals surface area contributed by atoms with Crippen molar-refractivity contribution in [1.82, 2.24) is 4.98 Å². The largest absolute Gasteiger partial charge is 0.493 e. The molecule has 0 aliphatic carbocycles. The SMILES string of the molecule is COc1cc2nccc(Oc3cc(C)c(NC(=O)OCCCSc4ccc(C(C)(C)C)cc4)cc3C)c2cc1OC. The van der Waals surface area contributed by atoms with Crippen LogP contribution in [-0.2, 0) is 10.2 Å². The van der Waals surface area contributed by atoms with Gasteiger partial charge in [-0.3, -0.25) is 10.3 Å². The molecule has 0 aliphatic rings. The smallest absolute Gasteiger partial charge is 0.411 e. The molecule has 41 heavy (non-hydrogen) atoms. The van der Waals surface area contributed by atoms with Crippen LogP contribution in [0.4, 0.5) is 10.5 Å². The van der Waals surface area contributed by atoms with Crippen LogP contribution in [0.2, 0.25) is 0 Å². The predicted molar refractivity (Wildman–Crippen MR) is 166 cm³/mol. The minimum absolute atomic E-state index is 0.146. The van der Waals surface area contributed by atoms with E-state index in [1.54, 1.807) is 32.2 Å². The number of methoxy groups -OCH3 is 2. The van der Waals surface area contributed by atoms with Gasteiger partial charge in [0.05, 0.1) is 26.3 Å². The number of rotatable bonds is 10. The fraction of sp³-hybridized carbons (Fsp3) is 0.333. The molecular formula is C33H38N2O5S. The van der Waals surface area contributed by atoms with Crippen LogP contribution in [0.1, 0.15) is 43.9 Å². The van der Waals surface area contributed by atoms with E-state index < -0.39 is 6.09 Å². The van der Waals surface area contributed by atoms with Gasteiger partial charge in [-0.2, -0.15) is 0 Å². The first-order chi connectivity index (χ1) is 19.6. The standard InChI is InChI=1S/C33H38N2O5S/c1-21-18-29(40-28-13-14-34-27-20-31(38-7)30(37-6)19-25(27)28)22(2)17-26(21)35-32(36)39-15-8-16-41-24-11-9-23(10-12-24)33(3,4)5/h9-14,17-20H,8,15-16H2,1-7H3,(H,35,36). The number of hydrogen-bond acceptors (Lipinski definition) is 7. The molecule has 1 amide bonds. The van der Waals surface area contributed by atoms with Crippen molar-refractivity contribution in [2.75, 3.05) is 31.9 Å². The Morgan fingerprint density at radius 2 is 1.59 bits per heavy atom. The highest BCUT2D eigenvalue weighted by atomic mass is 32.2. The second-order valence-corrected chi connectivity index (χ2v) is 12.0. The molecule has 0 bridgehead atoms. The Morgan fingerprint density at radius 3 is 2.27 bits per heavy atom. The molecule has 216 valence electrons. The maximum Gasteiger partial charge on any atom is 0.411 e. The Labute approximate surface area is 246 Å². The zero-order valence-electron chi connectivity index (χ0n) is 24.8. The summed E-state index contributed by atoms with van der Waals surface area (Å²) < 4.78 is 22.6. The number of pyridine rings is 1. The number of fused-ring (bicyclic) bond motifs is 1. The average Bonchev–Trinajstić information content (AvgIpc) is 2.94. The number of nitrogens with one attached hydrogen (secondary N) is 1. The summed E-state index contributed by atoms with van der Waals surface area (Å²) in [5, 5.41) is 3.66. The Hall–Kier alpha value is -3.91. The summed E-state index contributed by atoms with van der Waals surface area (Å²) in [6.45, 7) is 10.8. The van der Waals surface area contributed by atoms with Gasteiger partial charge >= 0.3 is 6.09 Å². The zero-order chi connectivity index (χ0) is 29.6. The van der Waals surface area contributed by atoms with Crippen molar-refractivity contribution in [3.8, 4) is 23.0 Å². The van der Waals surface area contributed by atoms with Crippen LogP contribution in [0.5, 0.6) is 23.0 Å². The van der Waals surface area contributed by atoms with E-state index in [0.29, 0.717) is 35.3 Å². The highest BCUT2D eigenvalue weighted by Crippen LogP contribution is 2.38. The number of hydrogen-bond donors (Lipinski definition) is 1. The van der Waals surface area contributed by atoms with Crippen molar-refractivity contribution >= 4 is 34.4 Å². The van der Waals surface area contributed by atoms with Gasteiger partial charge in [-0.15, -0.1) is 11.8 Å². The summed E-state index contributed by atoms with van der Waals surface area (Å²) in [6, 6.07) is 17.9. The molecule has 1 aromatic heterocycles. The van der Waals surface area contributed by atoms with Crippen LogP contribution in [0.25, 0.3) is 10.9 Å². The minimum Gasteiger partial charge on any atom is -0.493 e. The summed E-state index contributed by atoms with van der Waals surface area (Å²) in [6.07, 6.45) is 1.99. The number of ether oxygens (including phenoxy) is 4. The van der Waals surface area contributed by atoms with Crippen LogP contribution in [0.15, 0.2) is 65.7 Å². The first kappa shape index (κ1) is 30.1. The van der Waals surface area contributed by atoms with Gasteiger partial charge in [-0.05, 0) is 78.8 Å². The highest BCUT2D eigenvalue weighted by molar-refractivity contribution is 7.99. The maximum atomic E-state index is 12.5. The van der Waals surface area contributed by atoms with Crippen LogP contribution in [0.3, 0.4) is 0 Å². The monoisotopic (exact) mass is 574 g/mol. The van der Waals surface area contributed by atoms with E-state index in [2.05, 4.69) is 55.3 Å². The number of nitrogens with zero attached hydrogens (tertiary/aromatic N) is 1. The molecule has 0 saturated heterocycles. The quantitative estimate of drug-likeness (QED) is 0.150. The Morgan fingerprint density at radius 1 is 0.878 bits per heavy atom. The third-order valence-corrected chi connectivity index (χ3v) is 7.79. The lowest BCUT2D eigenvalue weighted by Gasteiger charge is -2.19. The molecule has 0 spiro atoms. The van der Waals surface area contributed by atoms with Crippen LogP contribution >= 0.6 is 11.8 Å². The Kier molecular flexibility index (Phi) is 9.65. The number of carbonyl (C=O) groups excluding carboxylic acids is 1. The lowest BCUT2D eigenvalue weighted by molar-refractivity contribution is 0.162. The molecule has 3 aromatic carbocycles. The second kappa shape index (κ2) is 13.2. The molecule has 0 radical (unpaired) electrons. The summed E-state index contributed by atoms with van der Waals surface area (Å²) in [4.78, 5) is 18.1. The van der Waals surface area contributed by atoms with Gasteiger partial charge in [0.1, 0.15) is 11.5 Å². The van der Waals surface area contributed by atoms with E-state index >= 15 is 0 Å². The fourth-order valence-corrected chi connectivity index (χ4v) is 5.13. The fourth-order valence-electron chi connectivity index (χ4n) is 4.30. The molecule has 7 nitrogen and oxygen atoms in total. The summed E-state index contributed by atoms with van der Waals surface area (Å²) in [7, 11) is 3.19. The van der Waals surface area contributed by atoms with Crippen molar-refractivity contribution in [2.45, 2.75) is 51.3 Å². The first-order valence-corrected chi connectivity index (χ1v) is 14.5. The van der Waals surface area contributed by atoms with E-state index in [1.807, 2.05) is 44.2 Å². The first-order valence-electron chi connectivity index (χ1n) is 13.6. The molecule has 1 heterocycles. The molecule has 8 heteroatoms. The van der Waals surface area contributed by atoms with Crippen LogP contribution in [-0.4, -0.2) is 37.7 Å². The van der Waals surface area contributed by atoms with Gasteiger partial charge in [0.15, 0.2) is 11.5 Å². The molecule has 0 aliphatic heterocycles.